The monoisotopic (exact) mass is 337 g/mol. The van der Waals surface area contributed by atoms with E-state index in [0.717, 1.165) is 24.2 Å². The van der Waals surface area contributed by atoms with E-state index in [0.29, 0.717) is 17.9 Å². The van der Waals surface area contributed by atoms with Gasteiger partial charge in [-0.1, -0.05) is 38.0 Å². The molecule has 0 fully saturated rings. The van der Waals surface area contributed by atoms with Crippen LogP contribution in [0.3, 0.4) is 0 Å². The van der Waals surface area contributed by atoms with Gasteiger partial charge < -0.3 is 4.74 Å². The highest BCUT2D eigenvalue weighted by atomic mass is 16.5. The minimum Gasteiger partial charge on any atom is -0.462 e. The number of anilines is 1. The van der Waals surface area contributed by atoms with Gasteiger partial charge in [0.2, 0.25) is 0 Å². The molecule has 1 heterocycles. The molecular formula is C20H19NO4. The summed E-state index contributed by atoms with van der Waals surface area (Å²) in [6.07, 6.45) is 2.85. The van der Waals surface area contributed by atoms with E-state index in [9.17, 15) is 14.4 Å². The first-order chi connectivity index (χ1) is 12.1. The number of hydrogen-bond donors (Lipinski definition) is 0. The highest BCUT2D eigenvalue weighted by Crippen LogP contribution is 2.29. The number of hydrogen-bond acceptors (Lipinski definition) is 4. The topological polar surface area (TPSA) is 63.7 Å². The lowest BCUT2D eigenvalue weighted by Gasteiger charge is -2.13. The summed E-state index contributed by atoms with van der Waals surface area (Å²) in [6.45, 7) is 2.43. The van der Waals surface area contributed by atoms with Gasteiger partial charge in [0.15, 0.2) is 0 Å². The van der Waals surface area contributed by atoms with Crippen molar-refractivity contribution in [2.24, 2.45) is 0 Å². The largest absolute Gasteiger partial charge is 0.462 e. The molecule has 0 aliphatic carbocycles. The number of unbranched alkanes of at least 4 members (excludes halogenated alkanes) is 2. The summed E-state index contributed by atoms with van der Waals surface area (Å²) in [6, 6.07) is 13.2. The number of carbonyl (C=O) groups is 3. The molecule has 0 unspecified atom stereocenters. The number of benzene rings is 2. The normalized spacial score (nSPS) is 13.1. The molecule has 0 radical (unpaired) electrons. The average molecular weight is 337 g/mol. The smallest absolute Gasteiger partial charge is 0.338 e. The van der Waals surface area contributed by atoms with Crippen LogP contribution in [0.15, 0.2) is 48.5 Å². The molecule has 2 aromatic rings. The predicted molar refractivity (Wildman–Crippen MR) is 93.8 cm³/mol. The highest BCUT2D eigenvalue weighted by molar-refractivity contribution is 6.34. The second-order valence-electron chi connectivity index (χ2n) is 5.88. The molecule has 5 heteroatoms. The molecule has 0 atom stereocenters. The lowest BCUT2D eigenvalue weighted by molar-refractivity contribution is 0.0498. The Morgan fingerprint density at radius 1 is 0.960 bits per heavy atom. The van der Waals surface area contributed by atoms with Crippen molar-refractivity contribution in [1.82, 2.24) is 0 Å². The Morgan fingerprint density at radius 3 is 2.40 bits per heavy atom. The Balaban J connectivity index is 1.81. The Morgan fingerprint density at radius 2 is 1.68 bits per heavy atom. The third-order valence-corrected chi connectivity index (χ3v) is 4.12. The van der Waals surface area contributed by atoms with Crippen molar-refractivity contribution in [3.05, 3.63) is 65.2 Å². The summed E-state index contributed by atoms with van der Waals surface area (Å²) >= 11 is 0. The zero-order valence-corrected chi connectivity index (χ0v) is 14.0. The van der Waals surface area contributed by atoms with Crippen molar-refractivity contribution in [3.63, 3.8) is 0 Å². The lowest BCUT2D eigenvalue weighted by atomic mass is 10.1. The molecule has 25 heavy (non-hydrogen) atoms. The maximum absolute atomic E-state index is 12.6. The van der Waals surface area contributed by atoms with Gasteiger partial charge in [-0.15, -0.1) is 0 Å². The van der Waals surface area contributed by atoms with E-state index in [2.05, 4.69) is 6.92 Å². The number of esters is 1. The van der Waals surface area contributed by atoms with E-state index in [-0.39, 0.29) is 17.0 Å². The highest BCUT2D eigenvalue weighted by Gasteiger charge is 2.37. The zero-order chi connectivity index (χ0) is 17.8. The third kappa shape index (κ3) is 3.31. The van der Waals surface area contributed by atoms with Crippen molar-refractivity contribution in [2.45, 2.75) is 26.2 Å². The van der Waals surface area contributed by atoms with E-state index >= 15 is 0 Å². The van der Waals surface area contributed by atoms with E-state index in [1.165, 1.54) is 18.2 Å². The number of para-hydroxylation sites is 1. The molecule has 128 valence electrons. The Bertz CT molecular complexity index is 814. The number of ether oxygens (including phenoxy) is 1. The van der Waals surface area contributed by atoms with Crippen LogP contribution in [-0.2, 0) is 4.74 Å². The summed E-state index contributed by atoms with van der Waals surface area (Å²) in [7, 11) is 0. The molecule has 0 N–H and O–H groups in total. The van der Waals surface area contributed by atoms with Gasteiger partial charge in [-0.05, 0) is 36.8 Å². The van der Waals surface area contributed by atoms with Crippen LogP contribution in [0.25, 0.3) is 0 Å². The summed E-state index contributed by atoms with van der Waals surface area (Å²) in [4.78, 5) is 38.4. The van der Waals surface area contributed by atoms with Crippen LogP contribution in [0.2, 0.25) is 0 Å². The molecule has 1 aliphatic heterocycles. The quantitative estimate of drug-likeness (QED) is 0.456. The van der Waals surface area contributed by atoms with Crippen molar-refractivity contribution >= 4 is 23.5 Å². The van der Waals surface area contributed by atoms with Gasteiger partial charge in [0, 0.05) is 0 Å². The van der Waals surface area contributed by atoms with Crippen LogP contribution in [0, 0.1) is 0 Å². The number of rotatable bonds is 6. The van der Waals surface area contributed by atoms with Gasteiger partial charge in [0.05, 0.1) is 29.0 Å². The molecular weight excluding hydrogens is 318 g/mol. The Labute approximate surface area is 146 Å². The fraction of sp³-hybridized carbons (Fsp3) is 0.250. The molecule has 0 spiro atoms. The Kier molecular flexibility index (Phi) is 4.93. The molecule has 0 aromatic heterocycles. The number of fused-ring (bicyclic) bond motifs is 1. The standard InChI is InChI=1S/C20H19NO4/c1-2-3-7-12-25-20(24)14-10-11-16-17(13-14)19(23)21(18(16)22)15-8-5-4-6-9-15/h4-6,8-11,13H,2-3,7,12H2,1H3. The van der Waals surface area contributed by atoms with Crippen LogP contribution in [0.4, 0.5) is 5.69 Å². The van der Waals surface area contributed by atoms with Crippen LogP contribution < -0.4 is 4.90 Å². The van der Waals surface area contributed by atoms with Gasteiger partial charge >= 0.3 is 5.97 Å². The maximum Gasteiger partial charge on any atom is 0.338 e. The summed E-state index contributed by atoms with van der Waals surface area (Å²) in [5.74, 6) is -1.28. The van der Waals surface area contributed by atoms with Crippen LogP contribution in [0.1, 0.15) is 57.3 Å². The van der Waals surface area contributed by atoms with Crippen LogP contribution in [-0.4, -0.2) is 24.4 Å². The molecule has 5 nitrogen and oxygen atoms in total. The lowest BCUT2D eigenvalue weighted by Crippen LogP contribution is -2.29. The first-order valence-corrected chi connectivity index (χ1v) is 8.38. The second-order valence-corrected chi connectivity index (χ2v) is 5.88. The van der Waals surface area contributed by atoms with E-state index < -0.39 is 11.9 Å². The van der Waals surface area contributed by atoms with Crippen LogP contribution in [0.5, 0.6) is 0 Å². The van der Waals surface area contributed by atoms with E-state index in [1.54, 1.807) is 24.3 Å². The minimum atomic E-state index is -0.475. The first kappa shape index (κ1) is 16.9. The van der Waals surface area contributed by atoms with E-state index in [4.69, 9.17) is 4.74 Å². The average Bonchev–Trinajstić information content (AvgIpc) is 2.89. The molecule has 2 amide bonds. The molecule has 3 rings (SSSR count). The van der Waals surface area contributed by atoms with Crippen molar-refractivity contribution in [3.8, 4) is 0 Å². The fourth-order valence-electron chi connectivity index (χ4n) is 2.78. The number of amides is 2. The predicted octanol–water partition coefficient (Wildman–Crippen LogP) is 3.83. The van der Waals surface area contributed by atoms with Crippen LogP contribution >= 0.6 is 0 Å². The molecule has 2 aromatic carbocycles. The zero-order valence-electron chi connectivity index (χ0n) is 14.0. The maximum atomic E-state index is 12.6. The van der Waals surface area contributed by atoms with Gasteiger partial charge in [0.25, 0.3) is 11.8 Å². The first-order valence-electron chi connectivity index (χ1n) is 8.38. The van der Waals surface area contributed by atoms with Crippen molar-refractivity contribution in [2.75, 3.05) is 11.5 Å². The van der Waals surface area contributed by atoms with Gasteiger partial charge in [-0.3, -0.25) is 9.59 Å². The Hall–Kier alpha value is -2.95. The molecule has 0 saturated carbocycles. The van der Waals surface area contributed by atoms with Crippen molar-refractivity contribution in [1.29, 1.82) is 0 Å². The van der Waals surface area contributed by atoms with E-state index in [1.807, 2.05) is 6.07 Å². The SMILES string of the molecule is CCCCCOC(=O)c1ccc2c(c1)C(=O)N(c1ccccc1)C2=O. The number of imide groups is 1. The molecule has 0 saturated heterocycles. The van der Waals surface area contributed by atoms with Gasteiger partial charge in [-0.25, -0.2) is 9.69 Å². The third-order valence-electron chi connectivity index (χ3n) is 4.12. The second kappa shape index (κ2) is 7.30. The number of carbonyl (C=O) groups excluding carboxylic acids is 3. The van der Waals surface area contributed by atoms with Gasteiger partial charge in [-0.2, -0.15) is 0 Å². The summed E-state index contributed by atoms with van der Waals surface area (Å²) in [5, 5.41) is 0. The van der Waals surface area contributed by atoms with Gasteiger partial charge in [0.1, 0.15) is 0 Å². The molecule has 1 aliphatic rings. The molecule has 0 bridgehead atoms. The van der Waals surface area contributed by atoms with Crippen molar-refractivity contribution < 1.29 is 19.1 Å². The summed E-state index contributed by atoms with van der Waals surface area (Å²) in [5.41, 5.74) is 1.33. The number of nitrogens with zero attached hydrogens (tertiary/aromatic N) is 1. The fourth-order valence-corrected chi connectivity index (χ4v) is 2.78. The summed E-state index contributed by atoms with van der Waals surface area (Å²) < 4.78 is 5.21. The minimum absolute atomic E-state index is 0.233.